The highest BCUT2D eigenvalue weighted by Gasteiger charge is 2.61. The summed E-state index contributed by atoms with van der Waals surface area (Å²) in [5.74, 6) is -4.60. The Morgan fingerprint density at radius 1 is 0.826 bits per heavy atom. The topological polar surface area (TPSA) is 57.2 Å². The summed E-state index contributed by atoms with van der Waals surface area (Å²) in [5, 5.41) is 0. The molecule has 4 nitrogen and oxygen atoms in total. The van der Waals surface area contributed by atoms with E-state index in [0.717, 1.165) is 0 Å². The molecule has 0 amide bonds. The predicted molar refractivity (Wildman–Crippen MR) is 63.5 cm³/mol. The zero-order valence-electron chi connectivity index (χ0n) is 12.4. The van der Waals surface area contributed by atoms with Gasteiger partial charge in [-0.2, -0.15) is 35.1 Å². The van der Waals surface area contributed by atoms with Crippen LogP contribution in [0, 0.1) is 0 Å². The molecule has 0 aliphatic rings. The smallest absolute Gasteiger partial charge is 0.485 e. The summed E-state index contributed by atoms with van der Waals surface area (Å²) in [7, 11) is -6.09. The minimum atomic E-state index is -6.09. The Morgan fingerprint density at radius 3 is 1.22 bits per heavy atom. The molecule has 0 spiro atoms. The minimum Gasteiger partial charge on any atom is -0.741 e. The van der Waals surface area contributed by atoms with E-state index in [-0.39, 0.29) is 24.1 Å². The second-order valence-corrected chi connectivity index (χ2v) is 5.92. The molecule has 142 valence electrons. The van der Waals surface area contributed by atoms with Crippen LogP contribution >= 0.6 is 0 Å². The molecule has 0 bridgehead atoms. The van der Waals surface area contributed by atoms with Crippen molar-refractivity contribution in [3.63, 3.8) is 0 Å². The van der Waals surface area contributed by atoms with E-state index in [1.165, 1.54) is 0 Å². The van der Waals surface area contributed by atoms with Gasteiger partial charge in [-0.3, -0.25) is 0 Å². The van der Waals surface area contributed by atoms with E-state index in [1.807, 2.05) is 0 Å². The van der Waals surface area contributed by atoms with E-state index in [0.29, 0.717) is 0 Å². The first-order valence-electron chi connectivity index (χ1n) is 6.21. The van der Waals surface area contributed by atoms with Crippen LogP contribution < -0.4 is 0 Å². The Hall–Kier alpha value is -0.690. The molecule has 0 N–H and O–H groups in total. The van der Waals surface area contributed by atoms with Crippen LogP contribution in [0.1, 0.15) is 20.8 Å². The van der Waals surface area contributed by atoms with Crippen molar-refractivity contribution in [2.24, 2.45) is 0 Å². The van der Waals surface area contributed by atoms with E-state index in [1.54, 1.807) is 20.8 Å². The summed E-state index contributed by atoms with van der Waals surface area (Å²) in [6, 6.07) is 0. The molecular weight excluding hydrogens is 366 g/mol. The molecular formula is C10H17F8NO3S. The molecule has 0 fully saturated rings. The lowest BCUT2D eigenvalue weighted by Crippen LogP contribution is -2.58. The largest absolute Gasteiger partial charge is 0.741 e. The lowest BCUT2D eigenvalue weighted by atomic mass is 10.2. The fourth-order valence-corrected chi connectivity index (χ4v) is 1.52. The Labute approximate surface area is 128 Å². The van der Waals surface area contributed by atoms with Gasteiger partial charge in [0, 0.05) is 0 Å². The first-order chi connectivity index (χ1) is 9.89. The minimum absolute atomic E-state index is 0.216. The second-order valence-electron chi connectivity index (χ2n) is 4.55. The van der Waals surface area contributed by atoms with E-state index in [9.17, 15) is 35.1 Å². The van der Waals surface area contributed by atoms with Crippen LogP contribution in [0.15, 0.2) is 0 Å². The van der Waals surface area contributed by atoms with Gasteiger partial charge in [0.25, 0.3) is 0 Å². The number of rotatable bonds is 5. The SMILES string of the molecule is CC[N+](CC)(CC)CC(F)(F)C(F)(F)F.O=S(=O)([O-])C(F)(F)F. The third kappa shape index (κ3) is 7.61. The zero-order chi connectivity index (χ0) is 19.3. The molecule has 0 atom stereocenters. The Morgan fingerprint density at radius 2 is 1.09 bits per heavy atom. The molecule has 0 unspecified atom stereocenters. The Bertz CT molecular complexity index is 445. The fraction of sp³-hybridized carbons (Fsp3) is 1.00. The van der Waals surface area contributed by atoms with Gasteiger partial charge in [-0.1, -0.05) is 0 Å². The Kier molecular flexibility index (Phi) is 8.46. The first-order valence-corrected chi connectivity index (χ1v) is 7.61. The third-order valence-electron chi connectivity index (χ3n) is 3.24. The quantitative estimate of drug-likeness (QED) is 0.317. The average Bonchev–Trinajstić information content (AvgIpc) is 2.33. The number of hydrogen-bond acceptors (Lipinski definition) is 3. The van der Waals surface area contributed by atoms with E-state index >= 15 is 0 Å². The van der Waals surface area contributed by atoms with Crippen LogP contribution in [0.2, 0.25) is 0 Å². The lowest BCUT2D eigenvalue weighted by Gasteiger charge is -2.38. The van der Waals surface area contributed by atoms with E-state index in [4.69, 9.17) is 13.0 Å². The molecule has 0 aromatic carbocycles. The number of nitrogens with zero attached hydrogens (tertiary/aromatic N) is 1. The van der Waals surface area contributed by atoms with Crippen LogP contribution in [0.3, 0.4) is 0 Å². The van der Waals surface area contributed by atoms with Crippen LogP contribution in [-0.2, 0) is 10.1 Å². The lowest BCUT2D eigenvalue weighted by molar-refractivity contribution is -0.932. The number of alkyl halides is 8. The summed E-state index contributed by atoms with van der Waals surface area (Å²) in [6.45, 7) is 4.54. The standard InChI is InChI=1S/C9H17F5N.CHF3O3S/c1-4-15(5-2,6-3)7-8(10,11)9(12,13)14;2-1(3,4)8(5,6)7/h4-7H2,1-3H3;(H,5,6,7)/q+1;/p-1. The van der Waals surface area contributed by atoms with Gasteiger partial charge in [-0.05, 0) is 20.8 Å². The number of quaternary nitrogens is 1. The molecule has 0 radical (unpaired) electrons. The molecule has 0 aliphatic heterocycles. The van der Waals surface area contributed by atoms with Crippen LogP contribution in [0.25, 0.3) is 0 Å². The highest BCUT2D eigenvalue weighted by atomic mass is 32.2. The summed E-state index contributed by atoms with van der Waals surface area (Å²) in [6.07, 6.45) is -5.45. The molecule has 0 saturated carbocycles. The van der Waals surface area contributed by atoms with Crippen molar-refractivity contribution in [3.05, 3.63) is 0 Å². The predicted octanol–water partition coefficient (Wildman–Crippen LogP) is 3.11. The molecule has 13 heteroatoms. The van der Waals surface area contributed by atoms with E-state index in [2.05, 4.69) is 0 Å². The fourth-order valence-electron chi connectivity index (χ4n) is 1.52. The van der Waals surface area contributed by atoms with Gasteiger partial charge in [-0.25, -0.2) is 8.42 Å². The molecule has 0 rings (SSSR count). The van der Waals surface area contributed by atoms with Crippen LogP contribution in [0.4, 0.5) is 35.1 Å². The van der Waals surface area contributed by atoms with Gasteiger partial charge < -0.3 is 9.04 Å². The van der Waals surface area contributed by atoms with Crippen LogP contribution in [0.5, 0.6) is 0 Å². The highest BCUT2D eigenvalue weighted by Crippen LogP contribution is 2.37. The molecule has 0 aromatic heterocycles. The van der Waals surface area contributed by atoms with Crippen molar-refractivity contribution in [3.8, 4) is 0 Å². The maximum absolute atomic E-state index is 12.8. The summed E-state index contributed by atoms with van der Waals surface area (Å²) >= 11 is 0. The summed E-state index contributed by atoms with van der Waals surface area (Å²) < 4.78 is 120. The van der Waals surface area contributed by atoms with Crippen molar-refractivity contribution < 1.29 is 52.6 Å². The van der Waals surface area contributed by atoms with Gasteiger partial charge in [-0.15, -0.1) is 0 Å². The molecule has 0 heterocycles. The molecule has 0 aliphatic carbocycles. The number of hydrogen-bond donors (Lipinski definition) is 0. The average molecular weight is 383 g/mol. The number of halogens is 8. The van der Waals surface area contributed by atoms with E-state index < -0.39 is 34.3 Å². The Balaban J connectivity index is 0. The van der Waals surface area contributed by atoms with Crippen molar-refractivity contribution in [1.82, 2.24) is 0 Å². The van der Waals surface area contributed by atoms with Crippen molar-refractivity contribution in [2.45, 2.75) is 38.4 Å². The molecule has 23 heavy (non-hydrogen) atoms. The third-order valence-corrected chi connectivity index (χ3v) is 3.81. The van der Waals surface area contributed by atoms with Gasteiger partial charge in [0.1, 0.15) is 0 Å². The van der Waals surface area contributed by atoms with Gasteiger partial charge in [0.2, 0.25) is 0 Å². The normalized spacial score (nSPS) is 14.3. The second kappa shape index (κ2) is 7.92. The monoisotopic (exact) mass is 383 g/mol. The molecule has 0 aromatic rings. The summed E-state index contributed by atoms with van der Waals surface area (Å²) in [4.78, 5) is 0. The maximum Gasteiger partial charge on any atom is 0.485 e. The van der Waals surface area contributed by atoms with Gasteiger partial charge >= 0.3 is 17.6 Å². The zero-order valence-corrected chi connectivity index (χ0v) is 13.2. The summed E-state index contributed by atoms with van der Waals surface area (Å²) in [5.41, 5.74) is -5.65. The van der Waals surface area contributed by atoms with Gasteiger partial charge in [0.05, 0.1) is 19.6 Å². The van der Waals surface area contributed by atoms with Gasteiger partial charge in [0.15, 0.2) is 16.7 Å². The van der Waals surface area contributed by atoms with Crippen molar-refractivity contribution in [1.29, 1.82) is 0 Å². The first kappa shape index (κ1) is 24.6. The molecule has 0 saturated heterocycles. The van der Waals surface area contributed by atoms with Crippen LogP contribution in [-0.4, -0.2) is 61.2 Å². The highest BCUT2D eigenvalue weighted by molar-refractivity contribution is 7.86. The van der Waals surface area contributed by atoms with Crippen molar-refractivity contribution in [2.75, 3.05) is 26.2 Å². The van der Waals surface area contributed by atoms with Crippen molar-refractivity contribution >= 4 is 10.1 Å². The maximum atomic E-state index is 12.8.